The fraction of sp³-hybridized carbons (Fsp3) is 0.400. The Kier molecular flexibility index (Phi) is 4.68. The number of methoxy groups -OCH3 is 1. The van der Waals surface area contributed by atoms with Crippen LogP contribution in [0.5, 0.6) is 5.75 Å². The zero-order valence-corrected chi connectivity index (χ0v) is 14.4. The molecule has 1 aliphatic rings. The molecule has 1 N–H and O–H groups in total. The Morgan fingerprint density at radius 3 is 3.00 bits per heavy atom. The molecule has 23 heavy (non-hydrogen) atoms. The number of amides is 1. The number of hydrogen-bond donors (Lipinski definition) is 1. The lowest BCUT2D eigenvalue weighted by molar-refractivity contribution is -0.114. The van der Waals surface area contributed by atoms with Crippen molar-refractivity contribution >= 4 is 39.9 Å². The third kappa shape index (κ3) is 3.92. The monoisotopic (exact) mass is 352 g/mol. The van der Waals surface area contributed by atoms with Crippen molar-refractivity contribution < 1.29 is 9.53 Å². The van der Waals surface area contributed by atoms with Gasteiger partial charge in [-0.2, -0.15) is 4.37 Å². The summed E-state index contributed by atoms with van der Waals surface area (Å²) >= 11 is 7.29. The fourth-order valence-electron chi connectivity index (χ4n) is 2.14. The maximum atomic E-state index is 12.2. The second kappa shape index (κ2) is 6.72. The van der Waals surface area contributed by atoms with E-state index in [0.717, 1.165) is 23.8 Å². The number of nitrogens with zero attached hydrogens (tertiary/aromatic N) is 3. The van der Waals surface area contributed by atoms with E-state index in [1.165, 1.54) is 11.5 Å². The zero-order chi connectivity index (χ0) is 16.4. The van der Waals surface area contributed by atoms with E-state index in [2.05, 4.69) is 14.7 Å². The summed E-state index contributed by atoms with van der Waals surface area (Å²) in [5.74, 6) is 1.81. The number of benzene rings is 1. The molecule has 0 atom stereocenters. The Hall–Kier alpha value is -1.86. The number of hydrogen-bond acceptors (Lipinski definition) is 6. The van der Waals surface area contributed by atoms with E-state index >= 15 is 0 Å². The number of ether oxygens (including phenoxy) is 1. The van der Waals surface area contributed by atoms with Crippen LogP contribution in [-0.2, 0) is 4.79 Å². The molecule has 1 aromatic heterocycles. The molecule has 1 heterocycles. The minimum atomic E-state index is -0.170. The Morgan fingerprint density at radius 1 is 1.52 bits per heavy atom. The Labute approximate surface area is 143 Å². The highest BCUT2D eigenvalue weighted by atomic mass is 35.5. The van der Waals surface area contributed by atoms with Crippen molar-refractivity contribution in [2.75, 3.05) is 30.9 Å². The first-order valence-electron chi connectivity index (χ1n) is 7.25. The molecule has 0 spiro atoms. The van der Waals surface area contributed by atoms with Gasteiger partial charge >= 0.3 is 0 Å². The van der Waals surface area contributed by atoms with Crippen molar-refractivity contribution in [2.24, 2.45) is 0 Å². The molecule has 2 aromatic rings. The molecule has 1 fully saturated rings. The van der Waals surface area contributed by atoms with Crippen molar-refractivity contribution in [1.82, 2.24) is 9.36 Å². The lowest BCUT2D eigenvalue weighted by atomic mass is 10.3. The predicted molar refractivity (Wildman–Crippen MR) is 91.8 cm³/mol. The normalized spacial score (nSPS) is 13.7. The SMILES string of the molecule is COc1ccc(Cl)cc1NC(=O)CN(C)c1nc(C2CC2)ns1. The summed E-state index contributed by atoms with van der Waals surface area (Å²) in [4.78, 5) is 18.5. The topological polar surface area (TPSA) is 67.3 Å². The molecule has 0 aliphatic heterocycles. The number of halogens is 1. The molecule has 0 unspecified atom stereocenters. The maximum Gasteiger partial charge on any atom is 0.244 e. The summed E-state index contributed by atoms with van der Waals surface area (Å²) in [5, 5.41) is 4.10. The van der Waals surface area contributed by atoms with Gasteiger partial charge in [0.25, 0.3) is 0 Å². The van der Waals surface area contributed by atoms with Gasteiger partial charge in [-0.1, -0.05) is 11.6 Å². The molecule has 0 bridgehead atoms. The highest BCUT2D eigenvalue weighted by Crippen LogP contribution is 2.39. The summed E-state index contributed by atoms with van der Waals surface area (Å²) in [6, 6.07) is 5.09. The molecule has 1 aromatic carbocycles. The summed E-state index contributed by atoms with van der Waals surface area (Å²) in [6.07, 6.45) is 2.32. The van der Waals surface area contributed by atoms with E-state index in [4.69, 9.17) is 16.3 Å². The largest absolute Gasteiger partial charge is 0.495 e. The van der Waals surface area contributed by atoms with Crippen molar-refractivity contribution in [1.29, 1.82) is 0 Å². The number of rotatable bonds is 6. The number of carbonyl (C=O) groups is 1. The van der Waals surface area contributed by atoms with Crippen LogP contribution >= 0.6 is 23.1 Å². The van der Waals surface area contributed by atoms with Gasteiger partial charge in [-0.05, 0) is 31.0 Å². The van der Waals surface area contributed by atoms with E-state index in [0.29, 0.717) is 22.4 Å². The standard InChI is InChI=1S/C15H17ClN4O2S/c1-20(15-18-14(19-23-15)9-3-4-9)8-13(21)17-11-7-10(16)5-6-12(11)22-2/h5-7,9H,3-4,8H2,1-2H3,(H,17,21). The van der Waals surface area contributed by atoms with Gasteiger partial charge in [-0.25, -0.2) is 4.98 Å². The minimum absolute atomic E-state index is 0.170. The zero-order valence-electron chi connectivity index (χ0n) is 12.9. The number of nitrogens with one attached hydrogen (secondary N) is 1. The van der Waals surface area contributed by atoms with E-state index < -0.39 is 0 Å². The summed E-state index contributed by atoms with van der Waals surface area (Å²) in [7, 11) is 3.37. The third-order valence-electron chi connectivity index (χ3n) is 3.52. The molecule has 3 rings (SSSR count). The van der Waals surface area contributed by atoms with Crippen molar-refractivity contribution in [3.05, 3.63) is 29.0 Å². The van der Waals surface area contributed by atoms with Crippen molar-refractivity contribution in [2.45, 2.75) is 18.8 Å². The second-order valence-electron chi connectivity index (χ2n) is 5.46. The van der Waals surface area contributed by atoms with Crippen LogP contribution in [0, 0.1) is 0 Å². The van der Waals surface area contributed by atoms with Crippen LogP contribution in [0.25, 0.3) is 0 Å². The van der Waals surface area contributed by atoms with Gasteiger partial charge in [0, 0.05) is 29.5 Å². The first-order chi connectivity index (χ1) is 11.1. The van der Waals surface area contributed by atoms with Gasteiger partial charge in [-0.3, -0.25) is 4.79 Å². The molecule has 1 amide bonds. The average molecular weight is 353 g/mol. The molecule has 6 nitrogen and oxygen atoms in total. The van der Waals surface area contributed by atoms with Gasteiger partial charge in [0.05, 0.1) is 19.3 Å². The van der Waals surface area contributed by atoms with Crippen molar-refractivity contribution in [3.63, 3.8) is 0 Å². The molecule has 0 saturated heterocycles. The van der Waals surface area contributed by atoms with E-state index in [9.17, 15) is 4.79 Å². The van der Waals surface area contributed by atoms with Crippen LogP contribution in [0.15, 0.2) is 18.2 Å². The maximum absolute atomic E-state index is 12.2. The van der Waals surface area contributed by atoms with Gasteiger partial charge in [-0.15, -0.1) is 0 Å². The van der Waals surface area contributed by atoms with Crippen LogP contribution in [0.3, 0.4) is 0 Å². The van der Waals surface area contributed by atoms with E-state index in [1.807, 2.05) is 7.05 Å². The molecular weight excluding hydrogens is 336 g/mol. The molecular formula is C15H17ClN4O2S. The lowest BCUT2D eigenvalue weighted by Gasteiger charge is -2.16. The highest BCUT2D eigenvalue weighted by molar-refractivity contribution is 7.09. The molecule has 1 aliphatic carbocycles. The molecule has 8 heteroatoms. The number of likely N-dealkylation sites (N-methyl/N-ethyl adjacent to an activating group) is 1. The van der Waals surface area contributed by atoms with Crippen molar-refractivity contribution in [3.8, 4) is 5.75 Å². The Bertz CT molecular complexity index is 717. The first-order valence-corrected chi connectivity index (χ1v) is 8.40. The van der Waals surface area contributed by atoms with Crippen LogP contribution in [-0.4, -0.2) is 36.0 Å². The number of aromatic nitrogens is 2. The molecule has 0 radical (unpaired) electrons. The molecule has 122 valence electrons. The Morgan fingerprint density at radius 2 is 2.30 bits per heavy atom. The van der Waals surface area contributed by atoms with Gasteiger partial charge < -0.3 is 15.0 Å². The van der Waals surface area contributed by atoms with Crippen LogP contribution in [0.2, 0.25) is 5.02 Å². The average Bonchev–Trinajstić information content (AvgIpc) is 3.24. The minimum Gasteiger partial charge on any atom is -0.495 e. The smallest absolute Gasteiger partial charge is 0.244 e. The van der Waals surface area contributed by atoms with E-state index in [-0.39, 0.29) is 12.5 Å². The van der Waals surface area contributed by atoms with Gasteiger partial charge in [0.1, 0.15) is 11.6 Å². The van der Waals surface area contributed by atoms with Gasteiger partial charge in [0.2, 0.25) is 11.0 Å². The first kappa shape index (κ1) is 16.0. The van der Waals surface area contributed by atoms with Crippen LogP contribution < -0.4 is 15.0 Å². The van der Waals surface area contributed by atoms with Crippen LogP contribution in [0.4, 0.5) is 10.8 Å². The fourth-order valence-corrected chi connectivity index (χ4v) is 3.01. The predicted octanol–water partition coefficient (Wildman–Crippen LogP) is 3.15. The van der Waals surface area contributed by atoms with Gasteiger partial charge in [0.15, 0.2) is 0 Å². The highest BCUT2D eigenvalue weighted by Gasteiger charge is 2.28. The number of anilines is 2. The summed E-state index contributed by atoms with van der Waals surface area (Å²) in [5.41, 5.74) is 0.550. The lowest BCUT2D eigenvalue weighted by Crippen LogP contribution is -2.30. The Balaban J connectivity index is 1.63. The second-order valence-corrected chi connectivity index (χ2v) is 6.63. The van der Waals surface area contributed by atoms with Crippen LogP contribution in [0.1, 0.15) is 24.6 Å². The third-order valence-corrected chi connectivity index (χ3v) is 4.60. The number of carbonyl (C=O) groups excluding carboxylic acids is 1. The summed E-state index contributed by atoms with van der Waals surface area (Å²) < 4.78 is 9.57. The quantitative estimate of drug-likeness (QED) is 0.865. The molecule has 1 saturated carbocycles. The van der Waals surface area contributed by atoms with E-state index in [1.54, 1.807) is 30.2 Å². The summed E-state index contributed by atoms with van der Waals surface area (Å²) in [6.45, 7) is 0.176.